The van der Waals surface area contributed by atoms with Crippen molar-refractivity contribution in [1.82, 2.24) is 19.7 Å². The number of nitrogens with zero attached hydrogens (tertiary/aromatic N) is 3. The number of aromatic nitrogens is 3. The summed E-state index contributed by atoms with van der Waals surface area (Å²) in [6, 6.07) is 12.2. The zero-order valence-corrected chi connectivity index (χ0v) is 17.8. The number of hydrogen-bond acceptors (Lipinski definition) is 5. The van der Waals surface area contributed by atoms with E-state index < -0.39 is 0 Å². The third kappa shape index (κ3) is 4.98. The smallest absolute Gasteiger partial charge is 0.255 e. The Morgan fingerprint density at radius 3 is 2.97 bits per heavy atom. The van der Waals surface area contributed by atoms with Crippen LogP contribution >= 0.6 is 11.6 Å². The topological polar surface area (TPSA) is 89.4 Å². The van der Waals surface area contributed by atoms with Crippen molar-refractivity contribution in [2.24, 2.45) is 7.05 Å². The molecule has 2 aromatic heterocycles. The molecule has 3 heterocycles. The molecule has 1 amide bonds. The second-order valence-electron chi connectivity index (χ2n) is 7.32. The number of nitrogens with one attached hydrogen (secondary N) is 1. The average molecular weight is 443 g/mol. The van der Waals surface area contributed by atoms with Crippen LogP contribution in [0.15, 0.2) is 53.5 Å². The summed E-state index contributed by atoms with van der Waals surface area (Å²) >= 11 is 6.10. The largest absolute Gasteiger partial charge is 0.492 e. The number of halogens is 1. The number of carbonyl (C=O) groups is 1. The molecule has 0 radical (unpaired) electrons. The highest BCUT2D eigenvalue weighted by molar-refractivity contribution is 6.32. The Kier molecular flexibility index (Phi) is 6.39. The number of H-pyrrole nitrogens is 1. The molecule has 3 aromatic rings. The van der Waals surface area contributed by atoms with Gasteiger partial charge in [-0.25, -0.2) is 0 Å². The first-order chi connectivity index (χ1) is 15.0. The predicted molar refractivity (Wildman–Crippen MR) is 116 cm³/mol. The van der Waals surface area contributed by atoms with E-state index in [1.165, 1.54) is 10.6 Å². The second kappa shape index (κ2) is 9.36. The van der Waals surface area contributed by atoms with E-state index >= 15 is 0 Å². The summed E-state index contributed by atoms with van der Waals surface area (Å²) in [4.78, 5) is 26.1. The molecule has 162 valence electrons. The minimum Gasteiger partial charge on any atom is -0.492 e. The van der Waals surface area contributed by atoms with Gasteiger partial charge in [-0.3, -0.25) is 14.7 Å². The van der Waals surface area contributed by atoms with Gasteiger partial charge in [0, 0.05) is 38.0 Å². The van der Waals surface area contributed by atoms with Gasteiger partial charge < -0.3 is 18.9 Å². The Labute approximate surface area is 184 Å². The number of carbonyl (C=O) groups excluding carboxylic acids is 1. The van der Waals surface area contributed by atoms with E-state index in [2.05, 4.69) is 10.2 Å². The van der Waals surface area contributed by atoms with Gasteiger partial charge in [0.25, 0.3) is 5.91 Å². The molecule has 4 rings (SSSR count). The number of aromatic amines is 1. The van der Waals surface area contributed by atoms with Gasteiger partial charge >= 0.3 is 0 Å². The summed E-state index contributed by atoms with van der Waals surface area (Å²) in [6.45, 7) is 1.75. The number of para-hydroxylation sites is 1. The fourth-order valence-corrected chi connectivity index (χ4v) is 3.61. The molecule has 1 atom stereocenters. The highest BCUT2D eigenvalue weighted by Crippen LogP contribution is 2.24. The highest BCUT2D eigenvalue weighted by Gasteiger charge is 2.28. The van der Waals surface area contributed by atoms with Gasteiger partial charge in [0.1, 0.15) is 11.9 Å². The van der Waals surface area contributed by atoms with Crippen LogP contribution in [0.25, 0.3) is 0 Å². The zero-order valence-electron chi connectivity index (χ0n) is 17.1. The first-order valence-electron chi connectivity index (χ1n) is 10.0. The number of amides is 1. The third-order valence-electron chi connectivity index (χ3n) is 5.13. The molecule has 1 fully saturated rings. The molecular formula is C22H23ClN4O4. The number of hydrogen-bond donors (Lipinski definition) is 1. The lowest BCUT2D eigenvalue weighted by atomic mass is 10.1. The van der Waals surface area contributed by atoms with Crippen LogP contribution in [0.2, 0.25) is 5.02 Å². The van der Waals surface area contributed by atoms with Crippen molar-refractivity contribution < 1.29 is 14.3 Å². The van der Waals surface area contributed by atoms with Crippen LogP contribution in [0.5, 0.6) is 5.75 Å². The summed E-state index contributed by atoms with van der Waals surface area (Å²) < 4.78 is 13.0. The van der Waals surface area contributed by atoms with E-state index in [1.54, 1.807) is 30.3 Å². The van der Waals surface area contributed by atoms with Crippen LogP contribution in [0, 0.1) is 0 Å². The van der Waals surface area contributed by atoms with E-state index in [-0.39, 0.29) is 17.6 Å². The molecule has 1 aliphatic heterocycles. The molecule has 1 aliphatic rings. The van der Waals surface area contributed by atoms with Crippen molar-refractivity contribution in [3.8, 4) is 5.75 Å². The molecule has 0 bridgehead atoms. The van der Waals surface area contributed by atoms with Crippen molar-refractivity contribution in [2.75, 3.05) is 26.3 Å². The molecule has 9 heteroatoms. The maximum Gasteiger partial charge on any atom is 0.255 e. The molecular weight excluding hydrogens is 420 g/mol. The average Bonchev–Trinajstić information content (AvgIpc) is 3.26. The molecule has 0 aliphatic carbocycles. The number of aryl methyl sites for hydroxylation is 1. The Bertz CT molecular complexity index is 1130. The number of rotatable bonds is 6. The van der Waals surface area contributed by atoms with Crippen molar-refractivity contribution in [3.63, 3.8) is 0 Å². The predicted octanol–water partition coefficient (Wildman–Crippen LogP) is 2.60. The summed E-state index contributed by atoms with van der Waals surface area (Å²) in [5, 5.41) is 7.94. The molecule has 31 heavy (non-hydrogen) atoms. The van der Waals surface area contributed by atoms with Crippen LogP contribution in [0.4, 0.5) is 0 Å². The van der Waals surface area contributed by atoms with E-state index in [0.717, 1.165) is 11.4 Å². The molecule has 0 spiro atoms. The molecule has 0 saturated carbocycles. The summed E-state index contributed by atoms with van der Waals surface area (Å²) in [5.41, 5.74) is 1.97. The van der Waals surface area contributed by atoms with Crippen LogP contribution in [-0.2, 0) is 18.2 Å². The van der Waals surface area contributed by atoms with E-state index in [4.69, 9.17) is 21.1 Å². The van der Waals surface area contributed by atoms with E-state index in [9.17, 15) is 9.59 Å². The van der Waals surface area contributed by atoms with Gasteiger partial charge in [-0.2, -0.15) is 5.10 Å². The lowest BCUT2D eigenvalue weighted by Gasteiger charge is -2.32. The van der Waals surface area contributed by atoms with Gasteiger partial charge in [0.15, 0.2) is 0 Å². The maximum atomic E-state index is 12.8. The van der Waals surface area contributed by atoms with Crippen molar-refractivity contribution in [1.29, 1.82) is 0 Å². The van der Waals surface area contributed by atoms with Crippen LogP contribution in [-0.4, -0.2) is 51.9 Å². The van der Waals surface area contributed by atoms with E-state index in [0.29, 0.717) is 49.1 Å². The SMILES string of the molecule is Cn1cc(C(=O)N2CCO[C@H](c3cc(CCOc4ccccc4Cl)[nH]n3)C2)ccc1=O. The number of morpholine rings is 1. The Balaban J connectivity index is 1.36. The fraction of sp³-hybridized carbons (Fsp3) is 0.318. The number of benzene rings is 1. The fourth-order valence-electron chi connectivity index (χ4n) is 3.42. The maximum absolute atomic E-state index is 12.8. The van der Waals surface area contributed by atoms with Gasteiger partial charge in [0.2, 0.25) is 5.56 Å². The Morgan fingerprint density at radius 2 is 2.16 bits per heavy atom. The first kappa shape index (κ1) is 21.1. The monoisotopic (exact) mass is 442 g/mol. The minimum atomic E-state index is -0.320. The van der Waals surface area contributed by atoms with Gasteiger partial charge in [-0.15, -0.1) is 0 Å². The van der Waals surface area contributed by atoms with Crippen molar-refractivity contribution >= 4 is 17.5 Å². The Morgan fingerprint density at radius 1 is 1.32 bits per heavy atom. The first-order valence-corrected chi connectivity index (χ1v) is 10.4. The quantitative estimate of drug-likeness (QED) is 0.633. The highest BCUT2D eigenvalue weighted by atomic mass is 35.5. The zero-order chi connectivity index (χ0) is 21.8. The van der Waals surface area contributed by atoms with Gasteiger partial charge in [-0.1, -0.05) is 23.7 Å². The second-order valence-corrected chi connectivity index (χ2v) is 7.73. The van der Waals surface area contributed by atoms with Gasteiger partial charge in [-0.05, 0) is 24.3 Å². The molecule has 0 unspecified atom stereocenters. The van der Waals surface area contributed by atoms with Crippen molar-refractivity contribution in [3.05, 3.63) is 81.0 Å². The van der Waals surface area contributed by atoms with Crippen molar-refractivity contribution in [2.45, 2.75) is 12.5 Å². The summed E-state index contributed by atoms with van der Waals surface area (Å²) in [6.07, 6.45) is 1.87. The summed E-state index contributed by atoms with van der Waals surface area (Å²) in [5.74, 6) is 0.514. The van der Waals surface area contributed by atoms with Crippen LogP contribution < -0.4 is 10.3 Å². The lowest BCUT2D eigenvalue weighted by Crippen LogP contribution is -2.42. The standard InChI is InChI=1S/C22H23ClN4O4/c1-26-13-15(6-7-21(26)28)22(29)27-9-11-31-20(14-27)18-12-16(24-25-18)8-10-30-19-5-3-2-4-17(19)23/h2-7,12-13,20H,8-11,14H2,1H3,(H,24,25)/t20-/m0/s1. The van der Waals surface area contributed by atoms with Crippen LogP contribution in [0.3, 0.4) is 0 Å². The lowest BCUT2D eigenvalue weighted by molar-refractivity contribution is -0.0247. The minimum absolute atomic E-state index is 0.132. The molecule has 1 aromatic carbocycles. The third-order valence-corrected chi connectivity index (χ3v) is 5.44. The summed E-state index contributed by atoms with van der Waals surface area (Å²) in [7, 11) is 1.63. The van der Waals surface area contributed by atoms with Gasteiger partial charge in [0.05, 0.1) is 36.0 Å². The number of ether oxygens (including phenoxy) is 2. The molecule has 1 N–H and O–H groups in total. The van der Waals surface area contributed by atoms with E-state index in [1.807, 2.05) is 24.3 Å². The number of pyridine rings is 1. The van der Waals surface area contributed by atoms with Crippen LogP contribution in [0.1, 0.15) is 27.8 Å². The molecule has 8 nitrogen and oxygen atoms in total. The molecule has 1 saturated heterocycles. The Hall–Kier alpha value is -3.10. The normalized spacial score (nSPS) is 16.3.